The molecule has 19 heavy (non-hydrogen) atoms. The average Bonchev–Trinajstić information content (AvgIpc) is 2.34. The van der Waals surface area contributed by atoms with E-state index in [9.17, 15) is 9.59 Å². The summed E-state index contributed by atoms with van der Waals surface area (Å²) in [5, 5.41) is 8.63. The van der Waals surface area contributed by atoms with E-state index in [0.717, 1.165) is 0 Å². The lowest BCUT2D eigenvalue weighted by Gasteiger charge is -2.18. The highest BCUT2D eigenvalue weighted by Crippen LogP contribution is 2.18. The van der Waals surface area contributed by atoms with Crippen LogP contribution in [0.25, 0.3) is 0 Å². The fourth-order valence-electron chi connectivity index (χ4n) is 1.66. The maximum absolute atomic E-state index is 12.2. The first-order valence-electron chi connectivity index (χ1n) is 6.13. The summed E-state index contributed by atoms with van der Waals surface area (Å²) in [5.41, 5.74) is 1.13. The lowest BCUT2D eigenvalue weighted by atomic mass is 10.0. The molecule has 6 nitrogen and oxygen atoms in total. The molecule has 1 aromatic heterocycles. The number of aryl methyl sites for hydroxylation is 1. The van der Waals surface area contributed by atoms with Crippen molar-refractivity contribution in [3.8, 4) is 0 Å². The number of rotatable bonds is 5. The van der Waals surface area contributed by atoms with Gasteiger partial charge in [0, 0.05) is 19.8 Å². The molecular formula is C13H19N3O3. The molecular weight excluding hydrogens is 246 g/mol. The molecule has 0 unspecified atom stereocenters. The zero-order valence-electron chi connectivity index (χ0n) is 11.7. The van der Waals surface area contributed by atoms with E-state index in [0.29, 0.717) is 17.1 Å². The smallest absolute Gasteiger partial charge is 0.305 e. The van der Waals surface area contributed by atoms with Crippen LogP contribution in [0.1, 0.15) is 48.1 Å². The lowest BCUT2D eigenvalue weighted by Crippen LogP contribution is -2.30. The van der Waals surface area contributed by atoms with E-state index < -0.39 is 5.97 Å². The molecule has 0 saturated heterocycles. The number of nitrogens with zero attached hydrogens (tertiary/aromatic N) is 3. The van der Waals surface area contributed by atoms with Crippen LogP contribution in [-0.2, 0) is 4.79 Å². The zero-order valence-corrected chi connectivity index (χ0v) is 11.7. The van der Waals surface area contributed by atoms with E-state index in [1.54, 1.807) is 14.0 Å². The Morgan fingerprint density at radius 1 is 1.42 bits per heavy atom. The highest BCUT2D eigenvalue weighted by atomic mass is 16.4. The van der Waals surface area contributed by atoms with Gasteiger partial charge in [0.05, 0.1) is 17.7 Å². The van der Waals surface area contributed by atoms with Gasteiger partial charge in [-0.1, -0.05) is 13.8 Å². The van der Waals surface area contributed by atoms with Crippen molar-refractivity contribution < 1.29 is 14.7 Å². The van der Waals surface area contributed by atoms with Crippen molar-refractivity contribution in [2.75, 3.05) is 13.6 Å². The van der Waals surface area contributed by atoms with Crippen molar-refractivity contribution in [3.05, 3.63) is 23.3 Å². The lowest BCUT2D eigenvalue weighted by molar-refractivity contribution is -0.137. The first-order valence-corrected chi connectivity index (χ1v) is 6.13. The predicted octanol–water partition coefficient (Wildman–Crippen LogP) is 1.46. The normalized spacial score (nSPS) is 10.6. The summed E-state index contributed by atoms with van der Waals surface area (Å²) in [5.74, 6) is -0.448. The summed E-state index contributed by atoms with van der Waals surface area (Å²) in [7, 11) is 1.58. The van der Waals surface area contributed by atoms with Crippen molar-refractivity contribution in [1.82, 2.24) is 14.9 Å². The molecule has 1 rings (SSSR count). The third kappa shape index (κ3) is 4.01. The minimum atomic E-state index is -0.927. The minimum Gasteiger partial charge on any atom is -0.481 e. The van der Waals surface area contributed by atoms with Gasteiger partial charge in [0.25, 0.3) is 5.91 Å². The summed E-state index contributed by atoms with van der Waals surface area (Å²) in [6.45, 7) is 5.85. The van der Waals surface area contributed by atoms with Gasteiger partial charge in [0.1, 0.15) is 5.82 Å². The second-order valence-corrected chi connectivity index (χ2v) is 4.74. The van der Waals surface area contributed by atoms with Crippen LogP contribution in [-0.4, -0.2) is 45.4 Å². The molecule has 1 N–H and O–H groups in total. The van der Waals surface area contributed by atoms with Crippen LogP contribution in [0, 0.1) is 6.92 Å². The fourth-order valence-corrected chi connectivity index (χ4v) is 1.66. The molecule has 0 radical (unpaired) electrons. The Balaban J connectivity index is 2.95. The molecule has 0 spiro atoms. The largest absolute Gasteiger partial charge is 0.481 e. The molecule has 0 atom stereocenters. The molecule has 104 valence electrons. The van der Waals surface area contributed by atoms with Gasteiger partial charge in [0.15, 0.2) is 0 Å². The number of aliphatic carboxylic acids is 1. The van der Waals surface area contributed by atoms with Crippen molar-refractivity contribution >= 4 is 11.9 Å². The van der Waals surface area contributed by atoms with E-state index in [4.69, 9.17) is 5.11 Å². The van der Waals surface area contributed by atoms with Crippen LogP contribution in [0.5, 0.6) is 0 Å². The third-order valence-electron chi connectivity index (χ3n) is 2.72. The number of carbonyl (C=O) groups excluding carboxylic acids is 1. The molecule has 0 aliphatic rings. The molecule has 0 bridgehead atoms. The third-order valence-corrected chi connectivity index (χ3v) is 2.72. The van der Waals surface area contributed by atoms with E-state index >= 15 is 0 Å². The summed E-state index contributed by atoms with van der Waals surface area (Å²) in [6, 6.07) is 0. The molecule has 0 aliphatic heterocycles. The Hall–Kier alpha value is -1.98. The molecule has 1 heterocycles. The van der Waals surface area contributed by atoms with Crippen molar-refractivity contribution in [2.24, 2.45) is 0 Å². The van der Waals surface area contributed by atoms with Gasteiger partial charge in [-0.05, 0) is 12.8 Å². The van der Waals surface area contributed by atoms with Gasteiger partial charge in [0.2, 0.25) is 0 Å². The maximum atomic E-state index is 12.2. The monoisotopic (exact) mass is 265 g/mol. The van der Waals surface area contributed by atoms with Crippen LogP contribution in [0.2, 0.25) is 0 Å². The molecule has 1 aromatic rings. The predicted molar refractivity (Wildman–Crippen MR) is 70.1 cm³/mol. The van der Waals surface area contributed by atoms with E-state index in [2.05, 4.69) is 9.97 Å². The maximum Gasteiger partial charge on any atom is 0.305 e. The SMILES string of the molecule is Cc1ncc(C(=O)N(C)CCC(=O)O)c(C(C)C)n1. The first kappa shape index (κ1) is 15.1. The van der Waals surface area contributed by atoms with Gasteiger partial charge in [-0.2, -0.15) is 0 Å². The second-order valence-electron chi connectivity index (χ2n) is 4.74. The molecule has 0 aliphatic carbocycles. The molecule has 6 heteroatoms. The summed E-state index contributed by atoms with van der Waals surface area (Å²) in [4.78, 5) is 32.5. The first-order chi connectivity index (χ1) is 8.82. The topological polar surface area (TPSA) is 83.4 Å². The number of hydrogen-bond donors (Lipinski definition) is 1. The number of carbonyl (C=O) groups is 2. The van der Waals surface area contributed by atoms with Gasteiger partial charge < -0.3 is 10.0 Å². The number of amides is 1. The Bertz CT molecular complexity index is 486. The summed E-state index contributed by atoms with van der Waals surface area (Å²) >= 11 is 0. The quantitative estimate of drug-likeness (QED) is 0.871. The molecule has 0 fully saturated rings. The molecule has 0 aromatic carbocycles. The van der Waals surface area contributed by atoms with Gasteiger partial charge >= 0.3 is 5.97 Å². The van der Waals surface area contributed by atoms with Crippen LogP contribution >= 0.6 is 0 Å². The molecule has 0 saturated carbocycles. The van der Waals surface area contributed by atoms with Crippen molar-refractivity contribution in [3.63, 3.8) is 0 Å². The van der Waals surface area contributed by atoms with Gasteiger partial charge in [-0.3, -0.25) is 9.59 Å². The summed E-state index contributed by atoms with van der Waals surface area (Å²) in [6.07, 6.45) is 1.43. The van der Waals surface area contributed by atoms with Gasteiger partial charge in [-0.15, -0.1) is 0 Å². The van der Waals surface area contributed by atoms with E-state index in [1.165, 1.54) is 11.1 Å². The number of aromatic nitrogens is 2. The van der Waals surface area contributed by atoms with Crippen LogP contribution in [0.15, 0.2) is 6.20 Å². The Kier molecular flexibility index (Phi) is 4.97. The average molecular weight is 265 g/mol. The van der Waals surface area contributed by atoms with Gasteiger partial charge in [-0.25, -0.2) is 9.97 Å². The van der Waals surface area contributed by atoms with Crippen LogP contribution < -0.4 is 0 Å². The highest BCUT2D eigenvalue weighted by Gasteiger charge is 2.19. The number of carboxylic acids is 1. The van der Waals surface area contributed by atoms with E-state index in [1.807, 2.05) is 13.8 Å². The van der Waals surface area contributed by atoms with Crippen LogP contribution in [0.3, 0.4) is 0 Å². The minimum absolute atomic E-state index is 0.0774. The fraction of sp³-hybridized carbons (Fsp3) is 0.538. The molecule has 1 amide bonds. The summed E-state index contributed by atoms with van der Waals surface area (Å²) < 4.78 is 0. The highest BCUT2D eigenvalue weighted by molar-refractivity contribution is 5.95. The Morgan fingerprint density at radius 3 is 2.58 bits per heavy atom. The van der Waals surface area contributed by atoms with Crippen molar-refractivity contribution in [1.29, 1.82) is 0 Å². The van der Waals surface area contributed by atoms with E-state index in [-0.39, 0.29) is 24.8 Å². The van der Waals surface area contributed by atoms with Crippen LogP contribution in [0.4, 0.5) is 0 Å². The second kappa shape index (κ2) is 6.26. The Labute approximate surface area is 112 Å². The van der Waals surface area contributed by atoms with Crippen molar-refractivity contribution in [2.45, 2.75) is 33.1 Å². The standard InChI is InChI=1S/C13H19N3O3/c1-8(2)12-10(7-14-9(3)15-12)13(19)16(4)6-5-11(17)18/h7-8H,5-6H2,1-4H3,(H,17,18). The Morgan fingerprint density at radius 2 is 2.05 bits per heavy atom. The number of hydrogen-bond acceptors (Lipinski definition) is 4. The zero-order chi connectivity index (χ0) is 14.6. The number of carboxylic acid groups (broad SMARTS) is 1.